The fraction of sp³-hybridized carbons (Fsp3) is 0.438. The summed E-state index contributed by atoms with van der Waals surface area (Å²) in [7, 11) is 1.98. The average molecular weight is 290 g/mol. The van der Waals surface area contributed by atoms with Crippen LogP contribution < -0.4 is 5.32 Å². The van der Waals surface area contributed by atoms with E-state index in [1.807, 2.05) is 18.7 Å². The number of nitrogens with zero attached hydrogens (tertiary/aromatic N) is 2. The van der Waals surface area contributed by atoms with Crippen molar-refractivity contribution < 1.29 is 0 Å². The van der Waals surface area contributed by atoms with Crippen LogP contribution in [-0.4, -0.2) is 22.9 Å². The number of nitrogens with one attached hydrogen (secondary N) is 1. The summed E-state index contributed by atoms with van der Waals surface area (Å²) < 4.78 is 1.93. The Morgan fingerprint density at radius 3 is 2.50 bits per heavy atom. The van der Waals surface area contributed by atoms with E-state index in [9.17, 15) is 0 Å². The summed E-state index contributed by atoms with van der Waals surface area (Å²) in [6, 6.07) is 8.65. The molecule has 1 aliphatic heterocycles. The first-order valence-electron chi connectivity index (χ1n) is 6.98. The van der Waals surface area contributed by atoms with Gasteiger partial charge in [-0.25, -0.2) is 0 Å². The molecule has 3 nitrogen and oxygen atoms in total. The topological polar surface area (TPSA) is 29.9 Å². The summed E-state index contributed by atoms with van der Waals surface area (Å²) in [4.78, 5) is 0. The highest BCUT2D eigenvalue weighted by Crippen LogP contribution is 2.36. The zero-order valence-corrected chi connectivity index (χ0v) is 13.0. The van der Waals surface area contributed by atoms with Crippen LogP contribution in [0, 0.1) is 13.8 Å². The van der Waals surface area contributed by atoms with Crippen LogP contribution in [0.2, 0.25) is 5.02 Å². The Morgan fingerprint density at radius 2 is 2.00 bits per heavy atom. The molecule has 0 radical (unpaired) electrons. The van der Waals surface area contributed by atoms with Crippen molar-refractivity contribution in [2.75, 3.05) is 13.1 Å². The van der Waals surface area contributed by atoms with Gasteiger partial charge in [-0.05, 0) is 25.0 Å². The minimum atomic E-state index is 0.148. The second kappa shape index (κ2) is 4.90. The Balaban J connectivity index is 2.01. The summed E-state index contributed by atoms with van der Waals surface area (Å²) >= 11 is 6.42. The molecule has 1 aromatic heterocycles. The van der Waals surface area contributed by atoms with E-state index in [0.29, 0.717) is 0 Å². The molecule has 20 heavy (non-hydrogen) atoms. The quantitative estimate of drug-likeness (QED) is 0.942. The minimum absolute atomic E-state index is 0.148. The number of aryl methyl sites for hydroxylation is 3. The van der Waals surface area contributed by atoms with E-state index in [-0.39, 0.29) is 5.41 Å². The molecule has 0 amide bonds. The summed E-state index contributed by atoms with van der Waals surface area (Å²) in [5.41, 5.74) is 4.97. The molecule has 1 saturated heterocycles. The van der Waals surface area contributed by atoms with Gasteiger partial charge in [-0.3, -0.25) is 4.68 Å². The van der Waals surface area contributed by atoms with Crippen LogP contribution in [0.15, 0.2) is 24.3 Å². The third kappa shape index (κ3) is 2.05. The van der Waals surface area contributed by atoms with Crippen LogP contribution in [0.4, 0.5) is 0 Å². The molecule has 0 unspecified atom stereocenters. The van der Waals surface area contributed by atoms with E-state index >= 15 is 0 Å². The Kier molecular flexibility index (Phi) is 3.35. The van der Waals surface area contributed by atoms with Gasteiger partial charge in [0.25, 0.3) is 0 Å². The Labute approximate surface area is 124 Å². The third-order valence-corrected chi connectivity index (χ3v) is 4.90. The summed E-state index contributed by atoms with van der Waals surface area (Å²) in [5.74, 6) is 0. The molecule has 106 valence electrons. The molecule has 0 aliphatic carbocycles. The maximum Gasteiger partial charge on any atom is 0.0847 e. The van der Waals surface area contributed by atoms with E-state index in [1.54, 1.807) is 0 Å². The Hall–Kier alpha value is -1.32. The smallest absolute Gasteiger partial charge is 0.0847 e. The van der Waals surface area contributed by atoms with E-state index in [1.165, 1.54) is 11.1 Å². The number of benzene rings is 1. The van der Waals surface area contributed by atoms with Gasteiger partial charge in [0.2, 0.25) is 0 Å². The molecule has 1 fully saturated rings. The molecule has 1 N–H and O–H groups in total. The highest BCUT2D eigenvalue weighted by Gasteiger charge is 2.41. The second-order valence-corrected chi connectivity index (χ2v) is 6.22. The predicted molar refractivity (Wildman–Crippen MR) is 82.4 cm³/mol. The molecule has 1 aliphatic rings. The van der Waals surface area contributed by atoms with E-state index in [2.05, 4.69) is 41.6 Å². The first-order chi connectivity index (χ1) is 9.53. The van der Waals surface area contributed by atoms with Crippen molar-refractivity contribution in [3.05, 3.63) is 51.8 Å². The molecular formula is C16H20ClN3. The van der Waals surface area contributed by atoms with Crippen molar-refractivity contribution in [1.82, 2.24) is 15.1 Å². The maximum absolute atomic E-state index is 6.42. The zero-order valence-electron chi connectivity index (χ0n) is 12.2. The van der Waals surface area contributed by atoms with Gasteiger partial charge in [-0.1, -0.05) is 35.9 Å². The van der Waals surface area contributed by atoms with Crippen molar-refractivity contribution in [3.8, 4) is 0 Å². The molecule has 0 spiro atoms. The molecule has 0 atom stereocenters. The lowest BCUT2D eigenvalue weighted by Gasteiger charge is -2.44. The van der Waals surface area contributed by atoms with E-state index < -0.39 is 0 Å². The van der Waals surface area contributed by atoms with Gasteiger partial charge in [0, 0.05) is 32.0 Å². The van der Waals surface area contributed by atoms with Crippen molar-refractivity contribution in [1.29, 1.82) is 0 Å². The molecule has 2 aromatic rings. The van der Waals surface area contributed by atoms with E-state index in [4.69, 9.17) is 11.6 Å². The molecule has 0 saturated carbocycles. The maximum atomic E-state index is 6.42. The minimum Gasteiger partial charge on any atom is -0.315 e. The van der Waals surface area contributed by atoms with Gasteiger partial charge in [-0.15, -0.1) is 0 Å². The van der Waals surface area contributed by atoms with Crippen LogP contribution in [0.25, 0.3) is 0 Å². The van der Waals surface area contributed by atoms with Crippen LogP contribution >= 0.6 is 11.6 Å². The number of aromatic nitrogens is 2. The Morgan fingerprint density at radius 1 is 1.30 bits per heavy atom. The van der Waals surface area contributed by atoms with Crippen LogP contribution in [0.1, 0.15) is 22.5 Å². The van der Waals surface area contributed by atoms with Crippen LogP contribution in [0.3, 0.4) is 0 Å². The lowest BCUT2D eigenvalue weighted by atomic mass is 9.70. The molecule has 3 rings (SSSR count). The molecule has 1 aromatic carbocycles. The number of hydrogen-bond donors (Lipinski definition) is 1. The summed E-state index contributed by atoms with van der Waals surface area (Å²) in [6.45, 7) is 6.15. The predicted octanol–water partition coefficient (Wildman–Crippen LogP) is 2.77. The van der Waals surface area contributed by atoms with Crippen molar-refractivity contribution in [3.63, 3.8) is 0 Å². The number of rotatable bonds is 3. The highest BCUT2D eigenvalue weighted by atomic mass is 35.5. The van der Waals surface area contributed by atoms with Crippen LogP contribution in [-0.2, 0) is 18.9 Å². The van der Waals surface area contributed by atoms with Gasteiger partial charge in [0.1, 0.15) is 0 Å². The van der Waals surface area contributed by atoms with E-state index in [0.717, 1.165) is 35.9 Å². The lowest BCUT2D eigenvalue weighted by Crippen LogP contribution is -2.58. The monoisotopic (exact) mass is 289 g/mol. The summed E-state index contributed by atoms with van der Waals surface area (Å²) in [5, 5.41) is 8.67. The van der Waals surface area contributed by atoms with Gasteiger partial charge >= 0.3 is 0 Å². The fourth-order valence-corrected chi connectivity index (χ4v) is 3.42. The van der Waals surface area contributed by atoms with Gasteiger partial charge in [-0.2, -0.15) is 5.10 Å². The summed E-state index contributed by atoms with van der Waals surface area (Å²) in [6.07, 6.45) is 0.932. The lowest BCUT2D eigenvalue weighted by molar-refractivity contribution is 0.268. The first kappa shape index (κ1) is 13.7. The molecule has 2 heterocycles. The second-order valence-electron chi connectivity index (χ2n) is 5.85. The molecule has 4 heteroatoms. The van der Waals surface area contributed by atoms with Gasteiger partial charge in [0.05, 0.1) is 16.4 Å². The van der Waals surface area contributed by atoms with Gasteiger partial charge in [0.15, 0.2) is 0 Å². The van der Waals surface area contributed by atoms with Crippen molar-refractivity contribution in [2.45, 2.75) is 25.7 Å². The normalized spacial score (nSPS) is 17.0. The third-order valence-electron chi connectivity index (χ3n) is 4.41. The average Bonchev–Trinajstić information content (AvgIpc) is 2.61. The van der Waals surface area contributed by atoms with Crippen LogP contribution in [0.5, 0.6) is 0 Å². The number of hydrogen-bond acceptors (Lipinski definition) is 2. The number of halogens is 1. The Bertz CT molecular complexity index is 641. The van der Waals surface area contributed by atoms with Crippen molar-refractivity contribution in [2.24, 2.45) is 7.05 Å². The standard InChI is InChI=1S/C16H20ClN3/c1-11-6-4-5-7-13(11)16(9-18-10-16)8-14-15(17)12(2)19-20(14)3/h4-7,18H,8-10H2,1-3H3. The van der Waals surface area contributed by atoms with Gasteiger partial charge < -0.3 is 5.32 Å². The molecule has 0 bridgehead atoms. The highest BCUT2D eigenvalue weighted by molar-refractivity contribution is 6.31. The first-order valence-corrected chi connectivity index (χ1v) is 7.36. The SMILES string of the molecule is Cc1ccccc1C1(Cc2c(Cl)c(C)nn2C)CNC1. The van der Waals surface area contributed by atoms with Crippen molar-refractivity contribution >= 4 is 11.6 Å². The largest absolute Gasteiger partial charge is 0.315 e. The zero-order chi connectivity index (χ0) is 14.3. The molecular weight excluding hydrogens is 270 g/mol. The fourth-order valence-electron chi connectivity index (χ4n) is 3.20.